The zero-order chi connectivity index (χ0) is 14.9. The molecule has 0 aliphatic heterocycles. The molecule has 0 heterocycles. The van der Waals surface area contributed by atoms with E-state index in [0.29, 0.717) is 0 Å². The lowest BCUT2D eigenvalue weighted by Crippen LogP contribution is -1.95. The van der Waals surface area contributed by atoms with Crippen molar-refractivity contribution in [1.29, 1.82) is 0 Å². The Morgan fingerprint density at radius 2 is 1.63 bits per heavy atom. The van der Waals surface area contributed by atoms with Crippen molar-refractivity contribution >= 4 is 16.2 Å². The normalized spacial score (nSPS) is 9.05. The van der Waals surface area contributed by atoms with E-state index in [1.165, 1.54) is 12.1 Å². The number of carboxylic acids is 1. The lowest BCUT2D eigenvalue weighted by Gasteiger charge is -1.95. The van der Waals surface area contributed by atoms with E-state index >= 15 is 0 Å². The predicted molar refractivity (Wildman–Crippen MR) is 62.3 cm³/mol. The average Bonchev–Trinajstić information content (AvgIpc) is 2.29. The first-order chi connectivity index (χ1) is 8.84. The van der Waals surface area contributed by atoms with Crippen molar-refractivity contribution in [2.75, 3.05) is 0 Å². The number of aromatic carboxylic acids is 1. The van der Waals surface area contributed by atoms with Gasteiger partial charge in [0.1, 0.15) is 11.3 Å². The first-order valence-corrected chi connectivity index (χ1v) is 5.62. The number of carbonyl (C=O) groups is 1. The van der Waals surface area contributed by atoms with Crippen LogP contribution in [0.3, 0.4) is 0 Å². The topological polar surface area (TPSA) is 189 Å². The summed E-state index contributed by atoms with van der Waals surface area (Å²) in [5, 5.41) is 17.3. The number of rotatable bonds is 3. The lowest BCUT2D eigenvalue weighted by molar-refractivity contribution is 0.0693. The van der Waals surface area contributed by atoms with Crippen molar-refractivity contribution in [2.45, 2.75) is 0 Å². The van der Waals surface area contributed by atoms with Crippen LogP contribution in [0.1, 0.15) is 10.4 Å². The largest absolute Gasteiger partial charge is 0.507 e. The van der Waals surface area contributed by atoms with Crippen molar-refractivity contribution in [2.24, 2.45) is 9.04 Å². The smallest absolute Gasteiger partial charge is 0.339 e. The second-order valence-corrected chi connectivity index (χ2v) is 3.83. The molecular weight excluding hydrogens is 280 g/mol. The third-order valence-corrected chi connectivity index (χ3v) is 1.97. The molecule has 0 fully saturated rings. The van der Waals surface area contributed by atoms with Gasteiger partial charge in [0, 0.05) is 18.9 Å². The average molecular weight is 286 g/mol. The number of hydrogen-bond donors (Lipinski definition) is 2. The number of para-hydroxylation sites is 1. The summed E-state index contributed by atoms with van der Waals surface area (Å²) in [6, 6.07) is 5.81. The van der Waals surface area contributed by atoms with Crippen LogP contribution in [0, 0.1) is 0 Å². The molecule has 0 spiro atoms. The molecule has 11 nitrogen and oxygen atoms in total. The minimum atomic E-state index is -4.27. The molecule has 0 atom stereocenters. The Morgan fingerprint density at radius 1 is 1.16 bits per heavy atom. The fourth-order valence-electron chi connectivity index (χ4n) is 0.763. The summed E-state index contributed by atoms with van der Waals surface area (Å²) in [6.07, 6.45) is 0. The number of carboxylic acid groups (broad SMARTS) is 1. The molecule has 19 heavy (non-hydrogen) atoms. The van der Waals surface area contributed by atoms with Gasteiger partial charge in [-0.2, -0.15) is 0 Å². The molecule has 0 saturated heterocycles. The number of azide groups is 1. The summed E-state index contributed by atoms with van der Waals surface area (Å²) in [5.41, 5.74) is 15.0. The highest BCUT2D eigenvalue weighted by molar-refractivity contribution is 7.88. The molecule has 0 amide bonds. The summed E-state index contributed by atoms with van der Waals surface area (Å²) in [6.45, 7) is 0. The maximum absolute atomic E-state index is 10.3. The van der Waals surface area contributed by atoms with Crippen molar-refractivity contribution in [1.82, 2.24) is 0 Å². The van der Waals surface area contributed by atoms with Crippen LogP contribution in [-0.2, 0) is 10.2 Å². The highest BCUT2D eigenvalue weighted by Gasteiger charge is 2.05. The Kier molecular flexibility index (Phi) is 6.25. The SMILES string of the molecule is O=C(O)c1ccccc1O.[N-]=[N+]=NS(=O)(=O)N=[N+]=[N-]. The fourth-order valence-corrected chi connectivity index (χ4v) is 0.980. The molecule has 0 aliphatic carbocycles. The molecule has 12 heteroatoms. The molecule has 0 saturated carbocycles. The molecule has 1 rings (SSSR count). The van der Waals surface area contributed by atoms with Crippen molar-refractivity contribution in [3.8, 4) is 5.75 Å². The molecule has 1 aromatic rings. The molecule has 0 unspecified atom stereocenters. The Labute approximate surface area is 106 Å². The molecule has 0 radical (unpaired) electrons. The van der Waals surface area contributed by atoms with Gasteiger partial charge in [-0.1, -0.05) is 12.1 Å². The monoisotopic (exact) mass is 286 g/mol. The highest BCUT2D eigenvalue weighted by atomic mass is 32.2. The van der Waals surface area contributed by atoms with Gasteiger partial charge in [0.15, 0.2) is 0 Å². The van der Waals surface area contributed by atoms with E-state index < -0.39 is 16.2 Å². The van der Waals surface area contributed by atoms with Gasteiger partial charge >= 0.3 is 16.2 Å². The van der Waals surface area contributed by atoms with Gasteiger partial charge in [0.25, 0.3) is 0 Å². The van der Waals surface area contributed by atoms with Crippen molar-refractivity contribution in [3.63, 3.8) is 0 Å². The van der Waals surface area contributed by atoms with Gasteiger partial charge in [-0.3, -0.25) is 0 Å². The third kappa shape index (κ3) is 6.38. The standard InChI is InChI=1S/C7H6O3.N6O2S/c8-6-4-2-1-3-5(6)7(9)10;1-3-5-9(7,8)6-4-2/h1-4,8H,(H,9,10);. The van der Waals surface area contributed by atoms with Crippen LogP contribution in [0.2, 0.25) is 0 Å². The van der Waals surface area contributed by atoms with Gasteiger partial charge in [-0.05, 0) is 23.2 Å². The van der Waals surface area contributed by atoms with Crippen molar-refractivity contribution in [3.05, 3.63) is 50.7 Å². The van der Waals surface area contributed by atoms with Gasteiger partial charge in [0.2, 0.25) is 0 Å². The van der Waals surface area contributed by atoms with Crippen LogP contribution in [0.15, 0.2) is 33.3 Å². The molecule has 2 N–H and O–H groups in total. The van der Waals surface area contributed by atoms with Crippen LogP contribution < -0.4 is 0 Å². The summed E-state index contributed by atoms with van der Waals surface area (Å²) in [5.74, 6) is -1.31. The van der Waals surface area contributed by atoms with Crippen molar-refractivity contribution < 1.29 is 23.4 Å². The number of phenols is 1. The summed E-state index contributed by atoms with van der Waals surface area (Å²) in [4.78, 5) is 14.1. The number of hydrogen-bond acceptors (Lipinski definition) is 4. The van der Waals surface area contributed by atoms with Crippen LogP contribution in [0.4, 0.5) is 0 Å². The maximum Gasteiger partial charge on any atom is 0.339 e. The summed E-state index contributed by atoms with van der Waals surface area (Å²) < 4.78 is 24.3. The molecule has 0 aliphatic rings. The van der Waals surface area contributed by atoms with Gasteiger partial charge in [0.05, 0.1) is 0 Å². The first-order valence-electron chi connectivity index (χ1n) is 4.23. The van der Waals surface area contributed by atoms with E-state index in [1.807, 2.05) is 9.82 Å². The van der Waals surface area contributed by atoms with Crippen LogP contribution in [0.25, 0.3) is 20.9 Å². The minimum absolute atomic E-state index is 0.0671. The zero-order valence-electron chi connectivity index (χ0n) is 9.02. The van der Waals surface area contributed by atoms with Crippen LogP contribution >= 0.6 is 0 Å². The Balaban J connectivity index is 0.000000344. The number of aromatic hydroxyl groups is 1. The van der Waals surface area contributed by atoms with Crippen LogP contribution in [-0.4, -0.2) is 24.6 Å². The zero-order valence-corrected chi connectivity index (χ0v) is 9.84. The maximum atomic E-state index is 10.3. The quantitative estimate of drug-likeness (QED) is 0.486. The van der Waals surface area contributed by atoms with E-state index in [1.54, 1.807) is 12.1 Å². The molecule has 0 aromatic heterocycles. The fraction of sp³-hybridized carbons (Fsp3) is 0. The highest BCUT2D eigenvalue weighted by Crippen LogP contribution is 2.14. The molecule has 0 bridgehead atoms. The summed E-state index contributed by atoms with van der Waals surface area (Å²) >= 11 is 0. The van der Waals surface area contributed by atoms with E-state index in [4.69, 9.17) is 21.3 Å². The van der Waals surface area contributed by atoms with Gasteiger partial charge in [-0.15, -0.1) is 0 Å². The number of nitrogens with zero attached hydrogens (tertiary/aromatic N) is 6. The number of benzene rings is 1. The van der Waals surface area contributed by atoms with Gasteiger partial charge < -0.3 is 10.2 Å². The minimum Gasteiger partial charge on any atom is -0.507 e. The van der Waals surface area contributed by atoms with Gasteiger partial charge in [-0.25, -0.2) is 13.2 Å². The Hall–Kier alpha value is -2.94. The lowest BCUT2D eigenvalue weighted by atomic mass is 10.2. The van der Waals surface area contributed by atoms with E-state index in [9.17, 15) is 13.2 Å². The van der Waals surface area contributed by atoms with E-state index in [0.717, 1.165) is 0 Å². The van der Waals surface area contributed by atoms with E-state index in [-0.39, 0.29) is 11.3 Å². The summed E-state index contributed by atoms with van der Waals surface area (Å²) in [7, 11) is -4.27. The second kappa shape index (κ2) is 7.40. The predicted octanol–water partition coefficient (Wildman–Crippen LogP) is 1.94. The van der Waals surface area contributed by atoms with Crippen LogP contribution in [0.5, 0.6) is 5.75 Å². The second-order valence-electron chi connectivity index (χ2n) is 2.61. The molecule has 100 valence electrons. The molecule has 1 aromatic carbocycles. The Bertz CT molecular complexity index is 634. The third-order valence-electron chi connectivity index (χ3n) is 1.41. The first kappa shape index (κ1) is 16.1. The molecular formula is C7H6N6O5S. The van der Waals surface area contributed by atoms with E-state index in [2.05, 4.69) is 9.04 Å². The Morgan fingerprint density at radius 3 is 1.95 bits per heavy atom.